The summed E-state index contributed by atoms with van der Waals surface area (Å²) in [4.78, 5) is 1.42. The highest BCUT2D eigenvalue weighted by atomic mass is 32.2. The first-order chi connectivity index (χ1) is 21.9. The number of aryl methyl sites for hydroxylation is 3. The number of hydrogen-bond acceptors (Lipinski definition) is 4. The van der Waals surface area contributed by atoms with Crippen LogP contribution in [0.4, 0.5) is 11.4 Å². The Morgan fingerprint density at radius 1 is 0.667 bits per heavy atom. The molecule has 0 aliphatic heterocycles. The van der Waals surface area contributed by atoms with Crippen LogP contribution in [0, 0.1) is 6.92 Å². The zero-order valence-electron chi connectivity index (χ0n) is 25.8. The zero-order chi connectivity index (χ0) is 30.7. The van der Waals surface area contributed by atoms with Crippen molar-refractivity contribution in [3.05, 3.63) is 136 Å². The summed E-state index contributed by atoms with van der Waals surface area (Å²) in [7, 11) is 0. The third-order valence-electron chi connectivity index (χ3n) is 9.48. The van der Waals surface area contributed by atoms with Gasteiger partial charge in [-0.2, -0.15) is 0 Å². The minimum absolute atomic E-state index is 0.0183. The predicted octanol–water partition coefficient (Wildman–Crippen LogP) is 12.6. The van der Waals surface area contributed by atoms with E-state index in [-0.39, 0.29) is 5.41 Å². The molecule has 0 fully saturated rings. The number of hydrogen-bond donors (Lipinski definition) is 2. The van der Waals surface area contributed by atoms with Crippen molar-refractivity contribution >= 4 is 66.8 Å². The number of thiophene rings is 2. The van der Waals surface area contributed by atoms with Crippen molar-refractivity contribution in [2.45, 2.75) is 49.7 Å². The van der Waals surface area contributed by atoms with Gasteiger partial charge in [0.2, 0.25) is 0 Å². The monoisotopic (exact) mass is 637 g/mol. The van der Waals surface area contributed by atoms with E-state index in [0.29, 0.717) is 0 Å². The first-order valence-electron chi connectivity index (χ1n) is 15.7. The van der Waals surface area contributed by atoms with Gasteiger partial charge in [0.05, 0.1) is 9.90 Å². The molecule has 222 valence electrons. The van der Waals surface area contributed by atoms with Gasteiger partial charge in [-0.1, -0.05) is 104 Å². The molecule has 1 N–H and O–H groups in total. The Morgan fingerprint density at radius 3 is 2.22 bits per heavy atom. The van der Waals surface area contributed by atoms with E-state index in [4.69, 9.17) is 12.6 Å². The molecule has 0 amide bonds. The third kappa shape index (κ3) is 4.91. The number of rotatable bonds is 7. The van der Waals surface area contributed by atoms with Gasteiger partial charge in [0.1, 0.15) is 0 Å². The van der Waals surface area contributed by atoms with Gasteiger partial charge in [0, 0.05) is 41.7 Å². The van der Waals surface area contributed by atoms with Crippen molar-refractivity contribution < 1.29 is 0 Å². The van der Waals surface area contributed by atoms with Crippen molar-refractivity contribution in [1.29, 1.82) is 0 Å². The van der Waals surface area contributed by atoms with E-state index in [1.807, 2.05) is 11.3 Å². The van der Waals surface area contributed by atoms with E-state index < -0.39 is 0 Å². The van der Waals surface area contributed by atoms with Crippen molar-refractivity contribution in [1.82, 2.24) is 0 Å². The highest BCUT2D eigenvalue weighted by Gasteiger charge is 2.35. The summed E-state index contributed by atoms with van der Waals surface area (Å²) in [6.45, 7) is 6.89. The zero-order valence-corrected chi connectivity index (χ0v) is 28.3. The summed E-state index contributed by atoms with van der Waals surface area (Å²) >= 11 is 8.65. The lowest BCUT2D eigenvalue weighted by molar-refractivity contribution is 0.660. The summed E-state index contributed by atoms with van der Waals surface area (Å²) in [6, 6.07) is 40.3. The molecular weight excluding hydrogens is 603 g/mol. The van der Waals surface area contributed by atoms with Gasteiger partial charge >= 0.3 is 0 Å². The molecule has 2 aromatic heterocycles. The second kappa shape index (κ2) is 11.2. The molecule has 0 saturated carbocycles. The van der Waals surface area contributed by atoms with Crippen molar-refractivity contribution in [3.63, 3.8) is 0 Å². The van der Waals surface area contributed by atoms with Crippen LogP contribution in [-0.4, -0.2) is 0 Å². The normalized spacial score (nSPS) is 13.3. The summed E-state index contributed by atoms with van der Waals surface area (Å²) in [6.07, 6.45) is 3.12. The molecule has 4 heteroatoms. The van der Waals surface area contributed by atoms with Crippen LogP contribution in [0.25, 0.3) is 42.4 Å². The van der Waals surface area contributed by atoms with E-state index in [1.54, 1.807) is 11.3 Å². The lowest BCUT2D eigenvalue weighted by Crippen LogP contribution is -2.15. The van der Waals surface area contributed by atoms with Gasteiger partial charge < -0.3 is 5.32 Å². The molecule has 7 aromatic rings. The molecule has 1 aliphatic carbocycles. The van der Waals surface area contributed by atoms with Crippen LogP contribution >= 0.6 is 35.3 Å². The van der Waals surface area contributed by atoms with Gasteiger partial charge in [-0.15, -0.1) is 35.3 Å². The fourth-order valence-electron chi connectivity index (χ4n) is 7.21. The maximum Gasteiger partial charge on any atom is 0.0659 e. The van der Waals surface area contributed by atoms with Crippen LogP contribution < -0.4 is 5.32 Å². The van der Waals surface area contributed by atoms with Crippen LogP contribution in [0.2, 0.25) is 0 Å². The van der Waals surface area contributed by atoms with Gasteiger partial charge in [-0.3, -0.25) is 0 Å². The molecular formula is C41H35NS3. The molecule has 45 heavy (non-hydrogen) atoms. The second-order valence-corrected chi connectivity index (χ2v) is 15.7. The lowest BCUT2D eigenvalue weighted by Gasteiger charge is -2.22. The Hall–Kier alpha value is -3.83. The molecule has 0 saturated heterocycles. The first kappa shape index (κ1) is 28.6. The molecule has 0 radical (unpaired) electrons. The molecule has 0 unspecified atom stereocenters. The van der Waals surface area contributed by atoms with Gasteiger partial charge in [0.25, 0.3) is 0 Å². The summed E-state index contributed by atoms with van der Waals surface area (Å²) < 4.78 is 3.73. The van der Waals surface area contributed by atoms with Crippen LogP contribution in [0.5, 0.6) is 0 Å². The highest BCUT2D eigenvalue weighted by molar-refractivity contribution is 7.83. The Morgan fingerprint density at radius 2 is 1.38 bits per heavy atom. The van der Waals surface area contributed by atoms with E-state index in [1.165, 1.54) is 75.2 Å². The third-order valence-corrected chi connectivity index (χ3v) is 12.2. The minimum Gasteiger partial charge on any atom is -0.354 e. The summed E-state index contributed by atoms with van der Waals surface area (Å²) in [5.41, 5.74) is 13.2. The maximum atomic E-state index is 4.95. The van der Waals surface area contributed by atoms with E-state index in [0.717, 1.165) is 29.2 Å². The molecule has 2 heterocycles. The number of nitrogens with one attached hydrogen (secondary N) is 1. The Bertz CT molecular complexity index is 2230. The molecule has 0 bridgehead atoms. The number of anilines is 2. The Balaban J connectivity index is 1.10. The predicted molar refractivity (Wildman–Crippen MR) is 200 cm³/mol. The van der Waals surface area contributed by atoms with Crippen molar-refractivity contribution in [2.24, 2.45) is 0 Å². The average molecular weight is 638 g/mol. The van der Waals surface area contributed by atoms with Gasteiger partial charge in [0.15, 0.2) is 0 Å². The summed E-state index contributed by atoms with van der Waals surface area (Å²) in [5.74, 6) is 0. The molecule has 8 rings (SSSR count). The number of benzene rings is 5. The summed E-state index contributed by atoms with van der Waals surface area (Å²) in [5, 5.41) is 6.52. The van der Waals surface area contributed by atoms with Crippen molar-refractivity contribution in [2.75, 3.05) is 5.32 Å². The largest absolute Gasteiger partial charge is 0.354 e. The Labute approximate surface area is 279 Å². The average Bonchev–Trinajstić information content (AvgIpc) is 3.64. The molecule has 0 spiro atoms. The van der Waals surface area contributed by atoms with Crippen LogP contribution in [0.3, 0.4) is 0 Å². The fourth-order valence-corrected chi connectivity index (χ4v) is 9.90. The minimum atomic E-state index is -0.0183. The topological polar surface area (TPSA) is 12.0 Å². The van der Waals surface area contributed by atoms with E-state index in [9.17, 15) is 0 Å². The van der Waals surface area contributed by atoms with Crippen LogP contribution in [-0.2, 0) is 18.3 Å². The molecule has 1 aliphatic rings. The van der Waals surface area contributed by atoms with E-state index >= 15 is 0 Å². The van der Waals surface area contributed by atoms with Gasteiger partial charge in [-0.25, -0.2) is 0 Å². The SMILES string of the molecule is Cc1ccc(CCCc2sc3ccccc3c2Nc2ccc3c(c2)C(C)(C)c2ccccc2-3)c(-c2c(S)sc3ccccc23)c1. The number of fused-ring (bicyclic) bond motifs is 5. The fraction of sp³-hybridized carbons (Fsp3) is 0.171. The van der Waals surface area contributed by atoms with Crippen molar-refractivity contribution in [3.8, 4) is 22.3 Å². The second-order valence-electron chi connectivity index (χ2n) is 12.7. The first-order valence-corrected chi connectivity index (χ1v) is 17.8. The maximum absolute atomic E-state index is 4.95. The molecule has 0 atom stereocenters. The van der Waals surface area contributed by atoms with Crippen LogP contribution in [0.15, 0.2) is 113 Å². The highest BCUT2D eigenvalue weighted by Crippen LogP contribution is 2.50. The molecule has 5 aromatic carbocycles. The quantitative estimate of drug-likeness (QED) is 0.166. The Kier molecular flexibility index (Phi) is 7.13. The van der Waals surface area contributed by atoms with Gasteiger partial charge in [-0.05, 0) is 83.8 Å². The smallest absolute Gasteiger partial charge is 0.0659 e. The number of thiol groups is 1. The molecule has 1 nitrogen and oxygen atoms in total. The lowest BCUT2D eigenvalue weighted by atomic mass is 9.82. The standard InChI is InChI=1S/C41H35NS3/c1-25-19-20-26(32(23-25)38-30-13-5-8-16-35(30)45-40(38)43)11-10-18-37-39(31-14-6-9-17-36(31)44-37)42-27-21-22-29-28-12-4-7-15-33(28)41(2,3)34(29)24-27/h4-9,12-17,19-24,42-43H,10-11,18H2,1-3H3. The van der Waals surface area contributed by atoms with Crippen LogP contribution in [0.1, 0.15) is 47.4 Å². The van der Waals surface area contributed by atoms with E-state index in [2.05, 4.69) is 135 Å².